The van der Waals surface area contributed by atoms with Crippen LogP contribution in [0.4, 0.5) is 0 Å². The van der Waals surface area contributed by atoms with Crippen molar-refractivity contribution in [1.29, 1.82) is 0 Å². The van der Waals surface area contributed by atoms with E-state index in [2.05, 4.69) is 36.5 Å². The Morgan fingerprint density at radius 2 is 1.92 bits per heavy atom. The van der Waals surface area contributed by atoms with E-state index in [4.69, 9.17) is 0 Å². The lowest BCUT2D eigenvalue weighted by Crippen LogP contribution is -2.35. The third kappa shape index (κ3) is 4.37. The van der Waals surface area contributed by atoms with Gasteiger partial charge in [-0.1, -0.05) is 37.3 Å². The molecule has 3 rings (SSSR count). The highest BCUT2D eigenvalue weighted by molar-refractivity contribution is 5.82. The number of carbonyl (C=O) groups excluding carboxylic acids is 2. The van der Waals surface area contributed by atoms with Crippen LogP contribution in [0.25, 0.3) is 0 Å². The van der Waals surface area contributed by atoms with Crippen molar-refractivity contribution < 1.29 is 9.59 Å². The van der Waals surface area contributed by atoms with Crippen LogP contribution in [0.15, 0.2) is 30.3 Å². The molecular formula is C20H28N2O2. The maximum atomic E-state index is 12.4. The molecule has 3 unspecified atom stereocenters. The van der Waals surface area contributed by atoms with Crippen molar-refractivity contribution in [3.63, 3.8) is 0 Å². The quantitative estimate of drug-likeness (QED) is 0.903. The molecule has 2 amide bonds. The molecule has 1 N–H and O–H groups in total. The summed E-state index contributed by atoms with van der Waals surface area (Å²) >= 11 is 0. The Hall–Kier alpha value is -1.84. The standard InChI is InChI=1S/C20H28N2O2/c1-15-14-18(15)20(24)21-11-9-19(23)22-12-5-8-17(10-13-22)16-6-3-2-4-7-16/h2-4,6-7,15,17-18H,5,8-14H2,1H3,(H,21,24). The first-order valence-electron chi connectivity index (χ1n) is 9.25. The maximum Gasteiger partial charge on any atom is 0.224 e. The molecule has 0 aromatic heterocycles. The van der Waals surface area contributed by atoms with Crippen molar-refractivity contribution in [2.75, 3.05) is 19.6 Å². The number of amides is 2. The number of likely N-dealkylation sites (tertiary alicyclic amines) is 1. The fraction of sp³-hybridized carbons (Fsp3) is 0.600. The average Bonchev–Trinajstić information content (AvgIpc) is 3.37. The van der Waals surface area contributed by atoms with E-state index in [-0.39, 0.29) is 17.7 Å². The van der Waals surface area contributed by atoms with Crippen LogP contribution in [-0.4, -0.2) is 36.3 Å². The molecular weight excluding hydrogens is 300 g/mol. The predicted octanol–water partition coefficient (Wildman–Crippen LogP) is 2.95. The zero-order valence-electron chi connectivity index (χ0n) is 14.5. The monoisotopic (exact) mass is 328 g/mol. The lowest BCUT2D eigenvalue weighted by Gasteiger charge is -2.21. The van der Waals surface area contributed by atoms with Crippen LogP contribution in [0.5, 0.6) is 0 Å². The van der Waals surface area contributed by atoms with Crippen LogP contribution < -0.4 is 5.32 Å². The van der Waals surface area contributed by atoms with Crippen LogP contribution >= 0.6 is 0 Å². The highest BCUT2D eigenvalue weighted by Crippen LogP contribution is 2.37. The Bertz CT molecular complexity index is 572. The first kappa shape index (κ1) is 17.0. The van der Waals surface area contributed by atoms with Gasteiger partial charge in [-0.05, 0) is 43.1 Å². The highest BCUT2D eigenvalue weighted by atomic mass is 16.2. The van der Waals surface area contributed by atoms with E-state index in [0.717, 1.165) is 38.8 Å². The molecule has 130 valence electrons. The number of hydrogen-bond acceptors (Lipinski definition) is 2. The molecule has 24 heavy (non-hydrogen) atoms. The molecule has 4 nitrogen and oxygen atoms in total. The zero-order valence-corrected chi connectivity index (χ0v) is 14.5. The van der Waals surface area contributed by atoms with Gasteiger partial charge in [0.2, 0.25) is 11.8 Å². The molecule has 0 bridgehead atoms. The second kappa shape index (κ2) is 7.82. The Labute approximate surface area is 144 Å². The molecule has 0 spiro atoms. The van der Waals surface area contributed by atoms with Crippen LogP contribution in [0, 0.1) is 11.8 Å². The third-order valence-electron chi connectivity index (χ3n) is 5.44. The third-order valence-corrected chi connectivity index (χ3v) is 5.44. The van der Waals surface area contributed by atoms with Gasteiger partial charge in [-0.15, -0.1) is 0 Å². The second-order valence-electron chi connectivity index (χ2n) is 7.28. The van der Waals surface area contributed by atoms with Crippen LogP contribution in [0.3, 0.4) is 0 Å². The number of hydrogen-bond donors (Lipinski definition) is 1. The van der Waals surface area contributed by atoms with Gasteiger partial charge >= 0.3 is 0 Å². The molecule has 3 atom stereocenters. The minimum atomic E-state index is 0.121. The number of benzene rings is 1. The molecule has 1 heterocycles. The van der Waals surface area contributed by atoms with Gasteiger partial charge < -0.3 is 10.2 Å². The second-order valence-corrected chi connectivity index (χ2v) is 7.28. The van der Waals surface area contributed by atoms with E-state index in [9.17, 15) is 9.59 Å². The van der Waals surface area contributed by atoms with E-state index in [1.165, 1.54) is 5.56 Å². The van der Waals surface area contributed by atoms with Gasteiger partial charge in [0, 0.05) is 32.0 Å². The number of nitrogens with zero attached hydrogens (tertiary/aromatic N) is 1. The maximum absolute atomic E-state index is 12.4. The number of carbonyl (C=O) groups is 2. The molecule has 1 saturated carbocycles. The minimum absolute atomic E-state index is 0.121. The fourth-order valence-electron chi connectivity index (χ4n) is 3.67. The van der Waals surface area contributed by atoms with Gasteiger partial charge in [-0.2, -0.15) is 0 Å². The van der Waals surface area contributed by atoms with Gasteiger partial charge in [0.25, 0.3) is 0 Å². The fourth-order valence-corrected chi connectivity index (χ4v) is 3.67. The summed E-state index contributed by atoms with van der Waals surface area (Å²) < 4.78 is 0. The van der Waals surface area contributed by atoms with E-state index in [1.54, 1.807) is 0 Å². The summed E-state index contributed by atoms with van der Waals surface area (Å²) in [4.78, 5) is 26.2. The SMILES string of the molecule is CC1CC1C(=O)NCCC(=O)N1CCCC(c2ccccc2)CC1. The Balaban J connectivity index is 1.42. The van der Waals surface area contributed by atoms with E-state index >= 15 is 0 Å². The van der Waals surface area contributed by atoms with Crippen LogP contribution in [0.2, 0.25) is 0 Å². The average molecular weight is 328 g/mol. The lowest BCUT2D eigenvalue weighted by atomic mass is 9.92. The van der Waals surface area contributed by atoms with E-state index < -0.39 is 0 Å². The van der Waals surface area contributed by atoms with E-state index in [0.29, 0.717) is 24.8 Å². The molecule has 2 fully saturated rings. The molecule has 1 aromatic rings. The molecule has 1 aliphatic carbocycles. The normalized spacial score (nSPS) is 26.5. The van der Waals surface area contributed by atoms with Crippen molar-refractivity contribution in [1.82, 2.24) is 10.2 Å². The molecule has 1 aliphatic heterocycles. The van der Waals surface area contributed by atoms with Gasteiger partial charge in [-0.3, -0.25) is 9.59 Å². The Kier molecular flexibility index (Phi) is 5.54. The Morgan fingerprint density at radius 3 is 2.62 bits per heavy atom. The van der Waals surface area contributed by atoms with Crippen molar-refractivity contribution in [3.8, 4) is 0 Å². The predicted molar refractivity (Wildman–Crippen MR) is 94.5 cm³/mol. The van der Waals surface area contributed by atoms with Crippen molar-refractivity contribution in [2.45, 2.75) is 44.9 Å². The first-order chi connectivity index (χ1) is 11.6. The van der Waals surface area contributed by atoms with Crippen LogP contribution in [0.1, 0.15) is 50.5 Å². The topological polar surface area (TPSA) is 49.4 Å². The van der Waals surface area contributed by atoms with Gasteiger partial charge in [0.15, 0.2) is 0 Å². The van der Waals surface area contributed by atoms with Gasteiger partial charge in [-0.25, -0.2) is 0 Å². The molecule has 4 heteroatoms. The molecule has 2 aliphatic rings. The number of rotatable bonds is 5. The summed E-state index contributed by atoms with van der Waals surface area (Å²) in [6, 6.07) is 10.6. The molecule has 1 aromatic carbocycles. The highest BCUT2D eigenvalue weighted by Gasteiger charge is 2.38. The summed E-state index contributed by atoms with van der Waals surface area (Å²) in [5, 5.41) is 2.91. The Morgan fingerprint density at radius 1 is 1.17 bits per heavy atom. The summed E-state index contributed by atoms with van der Waals surface area (Å²) in [7, 11) is 0. The zero-order chi connectivity index (χ0) is 16.9. The molecule has 0 radical (unpaired) electrons. The van der Waals surface area contributed by atoms with Crippen molar-refractivity contribution >= 4 is 11.8 Å². The van der Waals surface area contributed by atoms with Gasteiger partial charge in [0.1, 0.15) is 0 Å². The number of nitrogens with one attached hydrogen (secondary N) is 1. The van der Waals surface area contributed by atoms with E-state index in [1.807, 2.05) is 11.0 Å². The minimum Gasteiger partial charge on any atom is -0.355 e. The van der Waals surface area contributed by atoms with Gasteiger partial charge in [0.05, 0.1) is 0 Å². The summed E-state index contributed by atoms with van der Waals surface area (Å²) in [6.07, 6.45) is 4.64. The largest absolute Gasteiger partial charge is 0.355 e. The first-order valence-corrected chi connectivity index (χ1v) is 9.25. The van der Waals surface area contributed by atoms with Crippen molar-refractivity contribution in [2.24, 2.45) is 11.8 Å². The lowest BCUT2D eigenvalue weighted by molar-refractivity contribution is -0.131. The van der Waals surface area contributed by atoms with Crippen LogP contribution in [-0.2, 0) is 9.59 Å². The van der Waals surface area contributed by atoms with Crippen molar-refractivity contribution in [3.05, 3.63) is 35.9 Å². The summed E-state index contributed by atoms with van der Waals surface area (Å²) in [6.45, 7) is 4.23. The summed E-state index contributed by atoms with van der Waals surface area (Å²) in [5.41, 5.74) is 1.39. The summed E-state index contributed by atoms with van der Waals surface area (Å²) in [5.74, 6) is 1.55. The smallest absolute Gasteiger partial charge is 0.224 e. The molecule has 1 saturated heterocycles.